The van der Waals surface area contributed by atoms with Crippen molar-refractivity contribution in [1.29, 1.82) is 0 Å². The molecule has 2 aromatic carbocycles. The van der Waals surface area contributed by atoms with Gasteiger partial charge in [-0.1, -0.05) is 12.1 Å². The molecule has 0 radical (unpaired) electrons. The Hall–Kier alpha value is -4.28. The molecular weight excluding hydrogens is 404 g/mol. The van der Waals surface area contributed by atoms with Gasteiger partial charge in [-0.25, -0.2) is 14.9 Å². The minimum Gasteiger partial charge on any atom is -0.507 e. The van der Waals surface area contributed by atoms with Gasteiger partial charge in [-0.3, -0.25) is 4.79 Å². The Bertz CT molecular complexity index is 1150. The van der Waals surface area contributed by atoms with E-state index in [2.05, 4.69) is 15.6 Å². The van der Waals surface area contributed by atoms with Crippen LogP contribution >= 0.6 is 0 Å². The molecule has 0 saturated carbocycles. The number of nitrogens with one attached hydrogen (secondary N) is 1. The highest BCUT2D eigenvalue weighted by atomic mass is 16.5. The Kier molecular flexibility index (Phi) is 6.55. The number of ether oxygens (including phenoxy) is 2. The van der Waals surface area contributed by atoms with Crippen molar-refractivity contribution < 1.29 is 19.4 Å². The predicted octanol–water partition coefficient (Wildman–Crippen LogP) is 0.222. The van der Waals surface area contributed by atoms with Crippen molar-refractivity contribution >= 4 is 12.1 Å². The summed E-state index contributed by atoms with van der Waals surface area (Å²) in [5.41, 5.74) is 2.87. The van der Waals surface area contributed by atoms with E-state index in [0.29, 0.717) is 29.3 Å². The summed E-state index contributed by atoms with van der Waals surface area (Å²) in [4.78, 5) is 24.4. The molecule has 31 heavy (non-hydrogen) atoms. The van der Waals surface area contributed by atoms with Crippen molar-refractivity contribution in [2.45, 2.75) is 13.0 Å². The largest absolute Gasteiger partial charge is 0.507 e. The standard InChI is InChI=1S/C20H22N6O5/c1-30-15-5-3-13(4-6-15)9-18-24-25(20(29)26(18)21)12-19(28)23-22-11-14-10-16(31-2)7-8-17(14)27/h3-8,10-11,27H,9,12,21H2,1-2H3,(H,23,28)/b22-11+. The van der Waals surface area contributed by atoms with Crippen LogP contribution in [0.15, 0.2) is 52.4 Å². The summed E-state index contributed by atoms with van der Waals surface area (Å²) in [7, 11) is 3.06. The molecule has 0 aliphatic rings. The van der Waals surface area contributed by atoms with Crippen LogP contribution in [-0.4, -0.2) is 45.9 Å². The summed E-state index contributed by atoms with van der Waals surface area (Å²) in [6.45, 7) is -0.375. The molecule has 0 fully saturated rings. The van der Waals surface area contributed by atoms with Gasteiger partial charge in [-0.15, -0.1) is 0 Å². The minimum absolute atomic E-state index is 0.0277. The third kappa shape index (κ3) is 5.21. The number of hydrogen-bond acceptors (Lipinski definition) is 8. The number of hydrogen-bond donors (Lipinski definition) is 3. The number of carbonyl (C=O) groups excluding carboxylic acids is 1. The van der Waals surface area contributed by atoms with Crippen LogP contribution in [-0.2, 0) is 17.8 Å². The molecule has 0 unspecified atom stereocenters. The maximum atomic E-state index is 12.3. The van der Waals surface area contributed by atoms with Gasteiger partial charge in [0.1, 0.15) is 23.8 Å². The number of nitrogen functional groups attached to an aromatic ring is 1. The fourth-order valence-corrected chi connectivity index (χ4v) is 2.72. The molecule has 3 rings (SSSR count). The molecule has 1 amide bonds. The predicted molar refractivity (Wildman–Crippen MR) is 113 cm³/mol. The zero-order valence-electron chi connectivity index (χ0n) is 17.0. The number of nitrogens with zero attached hydrogens (tertiary/aromatic N) is 4. The average molecular weight is 426 g/mol. The van der Waals surface area contributed by atoms with Crippen LogP contribution in [0.25, 0.3) is 0 Å². The highest BCUT2D eigenvalue weighted by Gasteiger charge is 2.14. The lowest BCUT2D eigenvalue weighted by molar-refractivity contribution is -0.121. The Balaban J connectivity index is 1.65. The zero-order valence-corrected chi connectivity index (χ0v) is 17.0. The van der Waals surface area contributed by atoms with E-state index >= 15 is 0 Å². The summed E-state index contributed by atoms with van der Waals surface area (Å²) in [5, 5.41) is 17.7. The van der Waals surface area contributed by atoms with Crippen molar-refractivity contribution in [3.8, 4) is 17.2 Å². The molecule has 4 N–H and O–H groups in total. The molecular formula is C20H22N6O5. The smallest absolute Gasteiger partial charge is 0.365 e. The molecule has 11 nitrogen and oxygen atoms in total. The van der Waals surface area contributed by atoms with Crippen LogP contribution in [0.5, 0.6) is 17.2 Å². The van der Waals surface area contributed by atoms with Crippen LogP contribution in [0.3, 0.4) is 0 Å². The number of aromatic hydroxyl groups is 1. The first-order valence-corrected chi connectivity index (χ1v) is 9.17. The van der Waals surface area contributed by atoms with E-state index in [0.717, 1.165) is 14.9 Å². The average Bonchev–Trinajstić information content (AvgIpc) is 3.03. The summed E-state index contributed by atoms with van der Waals surface area (Å²) >= 11 is 0. The summed E-state index contributed by atoms with van der Waals surface area (Å²) in [6.07, 6.45) is 1.56. The molecule has 0 spiro atoms. The Morgan fingerprint density at radius 1 is 1.19 bits per heavy atom. The van der Waals surface area contributed by atoms with Gasteiger partial charge >= 0.3 is 5.69 Å². The van der Waals surface area contributed by atoms with Crippen molar-refractivity contribution in [1.82, 2.24) is 19.9 Å². The third-order valence-electron chi connectivity index (χ3n) is 4.38. The molecule has 0 atom stereocenters. The molecule has 1 aromatic heterocycles. The van der Waals surface area contributed by atoms with Crippen molar-refractivity contribution in [3.05, 3.63) is 69.9 Å². The van der Waals surface area contributed by atoms with Gasteiger partial charge in [0.2, 0.25) is 0 Å². The maximum Gasteiger partial charge on any atom is 0.365 e. The summed E-state index contributed by atoms with van der Waals surface area (Å²) in [6, 6.07) is 11.8. The van der Waals surface area contributed by atoms with E-state index in [9.17, 15) is 14.7 Å². The van der Waals surface area contributed by atoms with E-state index in [1.54, 1.807) is 31.4 Å². The molecule has 0 aliphatic carbocycles. The van der Waals surface area contributed by atoms with Gasteiger partial charge in [-0.05, 0) is 35.9 Å². The summed E-state index contributed by atoms with van der Waals surface area (Å²) < 4.78 is 12.0. The maximum absolute atomic E-state index is 12.3. The van der Waals surface area contributed by atoms with Crippen LogP contribution in [0.4, 0.5) is 0 Å². The number of methoxy groups -OCH3 is 2. The molecule has 0 saturated heterocycles. The monoisotopic (exact) mass is 426 g/mol. The second-order valence-corrected chi connectivity index (χ2v) is 6.47. The van der Waals surface area contributed by atoms with Crippen molar-refractivity contribution in [2.75, 3.05) is 20.1 Å². The number of rotatable bonds is 8. The number of benzene rings is 2. The Labute approximate surface area is 177 Å². The number of amides is 1. The molecule has 0 aliphatic heterocycles. The first-order valence-electron chi connectivity index (χ1n) is 9.17. The first-order chi connectivity index (χ1) is 14.9. The van der Waals surface area contributed by atoms with E-state index < -0.39 is 11.6 Å². The number of phenolic OH excluding ortho intramolecular Hbond substituents is 1. The molecule has 0 bridgehead atoms. The third-order valence-corrected chi connectivity index (χ3v) is 4.38. The van der Waals surface area contributed by atoms with Gasteiger partial charge in [0.25, 0.3) is 5.91 Å². The fourth-order valence-electron chi connectivity index (χ4n) is 2.72. The van der Waals surface area contributed by atoms with Crippen molar-refractivity contribution in [2.24, 2.45) is 5.10 Å². The lowest BCUT2D eigenvalue weighted by atomic mass is 10.1. The number of phenols is 1. The van der Waals surface area contributed by atoms with Gasteiger partial charge in [0, 0.05) is 12.0 Å². The summed E-state index contributed by atoms with van der Waals surface area (Å²) in [5.74, 6) is 6.71. The number of nitrogens with two attached hydrogens (primary N) is 1. The number of aromatic nitrogens is 3. The molecule has 162 valence electrons. The minimum atomic E-state index is -0.631. The van der Waals surface area contributed by atoms with Gasteiger partial charge in [0.15, 0.2) is 5.82 Å². The fraction of sp³-hybridized carbons (Fsp3) is 0.200. The lowest BCUT2D eigenvalue weighted by Crippen LogP contribution is -2.34. The second kappa shape index (κ2) is 9.48. The van der Waals surface area contributed by atoms with E-state index in [1.807, 2.05) is 12.1 Å². The highest BCUT2D eigenvalue weighted by Crippen LogP contribution is 2.20. The van der Waals surface area contributed by atoms with Crippen LogP contribution in [0, 0.1) is 0 Å². The van der Waals surface area contributed by atoms with Crippen molar-refractivity contribution in [3.63, 3.8) is 0 Å². The van der Waals surface area contributed by atoms with Crippen LogP contribution < -0.4 is 26.4 Å². The van der Waals surface area contributed by atoms with Crippen LogP contribution in [0.1, 0.15) is 17.0 Å². The van der Waals surface area contributed by atoms with Gasteiger partial charge in [-0.2, -0.15) is 14.9 Å². The Morgan fingerprint density at radius 3 is 2.55 bits per heavy atom. The topological polar surface area (TPSA) is 146 Å². The van der Waals surface area contributed by atoms with E-state index in [-0.39, 0.29) is 12.3 Å². The normalized spacial score (nSPS) is 10.9. The molecule has 1 heterocycles. The van der Waals surface area contributed by atoms with Crippen LogP contribution in [0.2, 0.25) is 0 Å². The first kappa shape index (κ1) is 21.4. The van der Waals surface area contributed by atoms with Gasteiger partial charge < -0.3 is 20.4 Å². The second-order valence-electron chi connectivity index (χ2n) is 6.47. The molecule has 3 aromatic rings. The number of carbonyl (C=O) groups is 1. The molecule has 11 heteroatoms. The Morgan fingerprint density at radius 2 is 1.87 bits per heavy atom. The lowest BCUT2D eigenvalue weighted by Gasteiger charge is -2.03. The van der Waals surface area contributed by atoms with E-state index in [4.69, 9.17) is 15.3 Å². The SMILES string of the molecule is COc1ccc(Cc2nn(CC(=O)N/N=C/c3cc(OC)ccc3O)c(=O)n2N)cc1. The zero-order chi connectivity index (χ0) is 22.4. The number of hydrazone groups is 1. The quantitative estimate of drug-likeness (QED) is 0.265. The van der Waals surface area contributed by atoms with Gasteiger partial charge in [0.05, 0.1) is 20.4 Å². The highest BCUT2D eigenvalue weighted by molar-refractivity contribution is 5.85. The van der Waals surface area contributed by atoms with E-state index in [1.165, 1.54) is 19.4 Å².